The van der Waals surface area contributed by atoms with E-state index in [1.165, 1.54) is 6.42 Å². The zero-order chi connectivity index (χ0) is 7.40. The van der Waals surface area contributed by atoms with Gasteiger partial charge in [0.25, 0.3) is 0 Å². The van der Waals surface area contributed by atoms with E-state index in [0.29, 0.717) is 12.5 Å². The van der Waals surface area contributed by atoms with Gasteiger partial charge in [0.15, 0.2) is 0 Å². The monoisotopic (exact) mass is 142 g/mol. The third-order valence-corrected chi connectivity index (χ3v) is 1.92. The summed E-state index contributed by atoms with van der Waals surface area (Å²) in [6.45, 7) is 2.07. The molecule has 1 heterocycles. The first-order valence-electron chi connectivity index (χ1n) is 3.92. The topological polar surface area (TPSA) is 26.3 Å². The standard InChI is InChI=1S/C8H14O2/c1-7-3-2-4-8(10-7)5-6-9/h6-8H,2-5H2,1H3/t7-,8+/m0/s1. The molecule has 0 N–H and O–H groups in total. The molecule has 0 bridgehead atoms. The highest BCUT2D eigenvalue weighted by Gasteiger charge is 2.17. The second-order valence-electron chi connectivity index (χ2n) is 2.90. The van der Waals surface area contributed by atoms with Gasteiger partial charge in [0.2, 0.25) is 0 Å². The van der Waals surface area contributed by atoms with Gasteiger partial charge in [0.1, 0.15) is 6.29 Å². The van der Waals surface area contributed by atoms with Crippen molar-refractivity contribution in [1.82, 2.24) is 0 Å². The van der Waals surface area contributed by atoms with Gasteiger partial charge in [0, 0.05) is 6.42 Å². The number of aldehydes is 1. The van der Waals surface area contributed by atoms with Crippen molar-refractivity contribution in [3.05, 3.63) is 0 Å². The van der Waals surface area contributed by atoms with Crippen LogP contribution in [0.15, 0.2) is 0 Å². The lowest BCUT2D eigenvalue weighted by Gasteiger charge is -2.26. The average molecular weight is 142 g/mol. The summed E-state index contributed by atoms with van der Waals surface area (Å²) < 4.78 is 5.50. The first-order valence-corrected chi connectivity index (χ1v) is 3.92. The Morgan fingerprint density at radius 3 is 3.00 bits per heavy atom. The first kappa shape index (κ1) is 7.73. The Morgan fingerprint density at radius 1 is 1.60 bits per heavy atom. The highest BCUT2D eigenvalue weighted by molar-refractivity contribution is 5.50. The maximum Gasteiger partial charge on any atom is 0.122 e. The van der Waals surface area contributed by atoms with Gasteiger partial charge in [0.05, 0.1) is 12.2 Å². The predicted octanol–water partition coefficient (Wildman–Crippen LogP) is 1.53. The Morgan fingerprint density at radius 2 is 2.40 bits per heavy atom. The molecule has 10 heavy (non-hydrogen) atoms. The predicted molar refractivity (Wildman–Crippen MR) is 38.9 cm³/mol. The fourth-order valence-corrected chi connectivity index (χ4v) is 1.38. The van der Waals surface area contributed by atoms with E-state index >= 15 is 0 Å². The van der Waals surface area contributed by atoms with Crippen LogP contribution >= 0.6 is 0 Å². The van der Waals surface area contributed by atoms with Crippen LogP contribution in [0.5, 0.6) is 0 Å². The van der Waals surface area contributed by atoms with Gasteiger partial charge >= 0.3 is 0 Å². The molecule has 2 atom stereocenters. The number of hydrogen-bond donors (Lipinski definition) is 0. The van der Waals surface area contributed by atoms with Crippen LogP contribution in [0.3, 0.4) is 0 Å². The molecule has 0 aromatic carbocycles. The largest absolute Gasteiger partial charge is 0.375 e. The molecule has 1 aliphatic heterocycles. The minimum atomic E-state index is 0.209. The maximum absolute atomic E-state index is 10.1. The van der Waals surface area contributed by atoms with Crippen molar-refractivity contribution in [2.75, 3.05) is 0 Å². The maximum atomic E-state index is 10.1. The number of carbonyl (C=O) groups excluding carboxylic acids is 1. The minimum absolute atomic E-state index is 0.209. The highest BCUT2D eigenvalue weighted by Crippen LogP contribution is 2.19. The molecule has 1 aliphatic rings. The van der Waals surface area contributed by atoms with E-state index < -0.39 is 0 Å². The van der Waals surface area contributed by atoms with E-state index in [4.69, 9.17) is 4.74 Å². The number of carbonyl (C=O) groups is 1. The Bertz CT molecular complexity index is 112. The lowest BCUT2D eigenvalue weighted by atomic mass is 10.0. The molecule has 0 unspecified atom stereocenters. The van der Waals surface area contributed by atoms with Crippen molar-refractivity contribution in [2.45, 2.75) is 44.8 Å². The van der Waals surface area contributed by atoms with Crippen LogP contribution in [0.2, 0.25) is 0 Å². The van der Waals surface area contributed by atoms with E-state index in [-0.39, 0.29) is 6.10 Å². The molecule has 0 aliphatic carbocycles. The molecule has 0 spiro atoms. The summed E-state index contributed by atoms with van der Waals surface area (Å²) in [4.78, 5) is 10.1. The molecule has 0 radical (unpaired) electrons. The summed E-state index contributed by atoms with van der Waals surface area (Å²) >= 11 is 0. The van der Waals surface area contributed by atoms with Crippen molar-refractivity contribution >= 4 is 6.29 Å². The molecule has 2 heteroatoms. The van der Waals surface area contributed by atoms with Crippen LogP contribution in [-0.4, -0.2) is 18.5 Å². The summed E-state index contributed by atoms with van der Waals surface area (Å²) in [5, 5.41) is 0. The SMILES string of the molecule is C[C@H]1CCC[C@H](CC=O)O1. The van der Waals surface area contributed by atoms with E-state index in [9.17, 15) is 4.79 Å². The van der Waals surface area contributed by atoms with Crippen LogP contribution in [0.4, 0.5) is 0 Å². The van der Waals surface area contributed by atoms with Gasteiger partial charge in [-0.1, -0.05) is 0 Å². The van der Waals surface area contributed by atoms with Gasteiger partial charge in [-0.15, -0.1) is 0 Å². The van der Waals surface area contributed by atoms with Crippen LogP contribution in [0.25, 0.3) is 0 Å². The van der Waals surface area contributed by atoms with Crippen LogP contribution in [-0.2, 0) is 9.53 Å². The van der Waals surface area contributed by atoms with Crippen molar-refractivity contribution in [3.8, 4) is 0 Å². The van der Waals surface area contributed by atoms with Crippen molar-refractivity contribution in [3.63, 3.8) is 0 Å². The Labute approximate surface area is 61.6 Å². The third kappa shape index (κ3) is 2.10. The molecule has 1 rings (SSSR count). The molecular formula is C8H14O2. The zero-order valence-electron chi connectivity index (χ0n) is 6.38. The van der Waals surface area contributed by atoms with Crippen LogP contribution in [0, 0.1) is 0 Å². The molecule has 0 amide bonds. The molecular weight excluding hydrogens is 128 g/mol. The van der Waals surface area contributed by atoms with E-state index in [1.54, 1.807) is 0 Å². The van der Waals surface area contributed by atoms with E-state index in [2.05, 4.69) is 6.92 Å². The fraction of sp³-hybridized carbons (Fsp3) is 0.875. The van der Waals surface area contributed by atoms with Gasteiger partial charge in [-0.05, 0) is 26.2 Å². The smallest absolute Gasteiger partial charge is 0.122 e. The lowest BCUT2D eigenvalue weighted by Crippen LogP contribution is -2.25. The van der Waals surface area contributed by atoms with E-state index in [1.807, 2.05) is 0 Å². The molecule has 1 fully saturated rings. The summed E-state index contributed by atoms with van der Waals surface area (Å²) in [6.07, 6.45) is 5.51. The minimum Gasteiger partial charge on any atom is -0.375 e. The normalized spacial score (nSPS) is 33.7. The summed E-state index contributed by atoms with van der Waals surface area (Å²) in [7, 11) is 0. The number of ether oxygens (including phenoxy) is 1. The zero-order valence-corrected chi connectivity index (χ0v) is 6.38. The van der Waals surface area contributed by atoms with Gasteiger partial charge in [-0.2, -0.15) is 0 Å². The lowest BCUT2D eigenvalue weighted by molar-refractivity contribution is -0.113. The Hall–Kier alpha value is -0.370. The molecule has 1 saturated heterocycles. The summed E-state index contributed by atoms with van der Waals surface area (Å²) in [5.74, 6) is 0. The van der Waals surface area contributed by atoms with Crippen molar-refractivity contribution in [1.29, 1.82) is 0 Å². The van der Waals surface area contributed by atoms with Crippen LogP contribution in [0.1, 0.15) is 32.6 Å². The summed E-state index contributed by atoms with van der Waals surface area (Å²) in [5.41, 5.74) is 0. The average Bonchev–Trinajstić information content (AvgIpc) is 1.88. The van der Waals surface area contributed by atoms with Crippen molar-refractivity contribution < 1.29 is 9.53 Å². The van der Waals surface area contributed by atoms with Gasteiger partial charge < -0.3 is 9.53 Å². The molecule has 0 saturated carbocycles. The number of rotatable bonds is 2. The molecule has 2 nitrogen and oxygen atoms in total. The highest BCUT2D eigenvalue weighted by atomic mass is 16.5. The second kappa shape index (κ2) is 3.71. The van der Waals surface area contributed by atoms with Gasteiger partial charge in [-0.3, -0.25) is 0 Å². The molecule has 0 aromatic rings. The first-order chi connectivity index (χ1) is 4.83. The fourth-order valence-electron chi connectivity index (χ4n) is 1.38. The second-order valence-corrected chi connectivity index (χ2v) is 2.90. The molecule has 0 aromatic heterocycles. The van der Waals surface area contributed by atoms with E-state index in [0.717, 1.165) is 19.1 Å². The quantitative estimate of drug-likeness (QED) is 0.546. The molecule has 58 valence electrons. The van der Waals surface area contributed by atoms with Gasteiger partial charge in [-0.25, -0.2) is 0 Å². The van der Waals surface area contributed by atoms with Crippen LogP contribution < -0.4 is 0 Å². The third-order valence-electron chi connectivity index (χ3n) is 1.92. The number of hydrogen-bond acceptors (Lipinski definition) is 2. The Kier molecular flexibility index (Phi) is 2.87. The van der Waals surface area contributed by atoms with Crippen molar-refractivity contribution in [2.24, 2.45) is 0 Å². The summed E-state index contributed by atoms with van der Waals surface area (Å²) in [6, 6.07) is 0. The Balaban J connectivity index is 2.24.